The molecule has 1 amide bonds. The van der Waals surface area contributed by atoms with E-state index in [1.807, 2.05) is 20.8 Å². The van der Waals surface area contributed by atoms with Crippen molar-refractivity contribution < 1.29 is 20.1 Å². The lowest BCUT2D eigenvalue weighted by Gasteiger charge is -2.25. The summed E-state index contributed by atoms with van der Waals surface area (Å²) in [6, 6.07) is 4.51. The molecule has 128 valence electrons. The van der Waals surface area contributed by atoms with Gasteiger partial charge in [-0.1, -0.05) is 39.7 Å². The summed E-state index contributed by atoms with van der Waals surface area (Å²) in [5, 5.41) is 32.8. The average Bonchev–Trinajstić information content (AvgIpc) is 2.62. The van der Waals surface area contributed by atoms with Gasteiger partial charge in [0, 0.05) is 0 Å². The predicted molar refractivity (Wildman–Crippen MR) is 88.5 cm³/mol. The molecular formula is C18H27NO4. The molecule has 5 nitrogen and oxygen atoms in total. The van der Waals surface area contributed by atoms with Crippen LogP contribution < -0.4 is 5.32 Å². The van der Waals surface area contributed by atoms with E-state index in [1.165, 1.54) is 6.07 Å². The number of hydrogen-bond acceptors (Lipinski definition) is 4. The first-order chi connectivity index (χ1) is 10.7. The van der Waals surface area contributed by atoms with Crippen molar-refractivity contribution in [2.75, 3.05) is 0 Å². The number of benzene rings is 1. The van der Waals surface area contributed by atoms with Gasteiger partial charge < -0.3 is 20.6 Å². The molecule has 23 heavy (non-hydrogen) atoms. The maximum absolute atomic E-state index is 12.5. The summed E-state index contributed by atoms with van der Waals surface area (Å²) in [7, 11) is 0. The number of carbonyl (C=O) groups excluding carboxylic acids is 1. The first-order valence-corrected chi connectivity index (χ1v) is 8.20. The first-order valence-electron chi connectivity index (χ1n) is 8.20. The number of amides is 1. The summed E-state index contributed by atoms with van der Waals surface area (Å²) in [6.45, 7) is 6.10. The van der Waals surface area contributed by atoms with Crippen molar-refractivity contribution in [1.29, 1.82) is 0 Å². The minimum absolute atomic E-state index is 0.0841. The first kappa shape index (κ1) is 17.8. The molecule has 1 saturated carbocycles. The fourth-order valence-corrected chi connectivity index (χ4v) is 2.92. The molecule has 1 aromatic rings. The number of rotatable bonds is 2. The van der Waals surface area contributed by atoms with E-state index < -0.39 is 24.2 Å². The number of aromatic hydroxyl groups is 1. The Balaban J connectivity index is 2.20. The van der Waals surface area contributed by atoms with Crippen molar-refractivity contribution in [3.63, 3.8) is 0 Å². The van der Waals surface area contributed by atoms with E-state index in [9.17, 15) is 20.1 Å². The quantitative estimate of drug-likeness (QED) is 0.628. The molecule has 1 aliphatic rings. The zero-order valence-corrected chi connectivity index (χ0v) is 14.0. The van der Waals surface area contributed by atoms with Crippen LogP contribution in [0.3, 0.4) is 0 Å². The molecule has 0 heterocycles. The lowest BCUT2D eigenvalue weighted by atomic mass is 9.86. The summed E-state index contributed by atoms with van der Waals surface area (Å²) in [5.41, 5.74) is 1.01. The maximum Gasteiger partial charge on any atom is 0.255 e. The Morgan fingerprint density at radius 2 is 1.83 bits per heavy atom. The standard InChI is InChI=1S/C18H27NO4/c1-18(2,3)11-8-9-14(20)12(10-11)17(23)19-13-6-4-5-7-15(21)16(13)22/h8-10,13,15-16,20-22H,4-7H2,1-3H3,(H,19,23)/t13-,15-,16-/m1/s1. The zero-order chi connectivity index (χ0) is 17.2. The van der Waals surface area contributed by atoms with Crippen LogP contribution >= 0.6 is 0 Å². The monoisotopic (exact) mass is 321 g/mol. The lowest BCUT2D eigenvalue weighted by molar-refractivity contribution is -0.00126. The van der Waals surface area contributed by atoms with Gasteiger partial charge in [-0.05, 0) is 36.0 Å². The molecule has 4 N–H and O–H groups in total. The summed E-state index contributed by atoms with van der Waals surface area (Å²) < 4.78 is 0. The van der Waals surface area contributed by atoms with Gasteiger partial charge in [-0.25, -0.2) is 0 Å². The maximum atomic E-state index is 12.5. The second kappa shape index (κ2) is 6.89. The third kappa shape index (κ3) is 4.24. The minimum Gasteiger partial charge on any atom is -0.507 e. The molecular weight excluding hydrogens is 294 g/mol. The van der Waals surface area contributed by atoms with Crippen LogP contribution in [0.1, 0.15) is 62.4 Å². The lowest BCUT2D eigenvalue weighted by Crippen LogP contribution is -2.47. The fourth-order valence-electron chi connectivity index (χ4n) is 2.92. The highest BCUT2D eigenvalue weighted by atomic mass is 16.3. The molecule has 0 radical (unpaired) electrons. The zero-order valence-electron chi connectivity index (χ0n) is 14.0. The van der Waals surface area contributed by atoms with Gasteiger partial charge in [0.2, 0.25) is 0 Å². The second-order valence-electron chi connectivity index (χ2n) is 7.40. The van der Waals surface area contributed by atoms with Gasteiger partial charge in [0.05, 0.1) is 23.8 Å². The number of phenolic OH excluding ortho intramolecular Hbond substituents is 1. The normalized spacial score (nSPS) is 25.7. The van der Waals surface area contributed by atoms with E-state index in [-0.39, 0.29) is 16.7 Å². The van der Waals surface area contributed by atoms with E-state index in [2.05, 4.69) is 5.32 Å². The molecule has 5 heteroatoms. The summed E-state index contributed by atoms with van der Waals surface area (Å²) in [4.78, 5) is 12.5. The molecule has 0 aliphatic heterocycles. The van der Waals surface area contributed by atoms with Crippen LogP contribution in [0.4, 0.5) is 0 Å². The van der Waals surface area contributed by atoms with Crippen molar-refractivity contribution in [3.8, 4) is 5.75 Å². The van der Waals surface area contributed by atoms with Gasteiger partial charge >= 0.3 is 0 Å². The van der Waals surface area contributed by atoms with Gasteiger partial charge in [-0.15, -0.1) is 0 Å². The number of carbonyl (C=O) groups is 1. The Hall–Kier alpha value is -1.59. The Bertz CT molecular complexity index is 565. The van der Waals surface area contributed by atoms with Crippen molar-refractivity contribution in [2.45, 2.75) is 70.1 Å². The number of phenols is 1. The molecule has 0 spiro atoms. The minimum atomic E-state index is -0.977. The highest BCUT2D eigenvalue weighted by molar-refractivity contribution is 5.97. The van der Waals surface area contributed by atoms with Crippen LogP contribution in [0.25, 0.3) is 0 Å². The molecule has 1 aliphatic carbocycles. The number of hydrogen-bond donors (Lipinski definition) is 4. The Kier molecular flexibility index (Phi) is 5.32. The number of nitrogens with one attached hydrogen (secondary N) is 1. The van der Waals surface area contributed by atoms with Gasteiger partial charge in [-0.2, -0.15) is 0 Å². The second-order valence-corrected chi connectivity index (χ2v) is 7.40. The highest BCUT2D eigenvalue weighted by Crippen LogP contribution is 2.28. The summed E-state index contributed by atoms with van der Waals surface area (Å²) in [6.07, 6.45) is 1.02. The Morgan fingerprint density at radius 3 is 2.48 bits per heavy atom. The van der Waals surface area contributed by atoms with Gasteiger partial charge in [0.25, 0.3) is 5.91 Å². The van der Waals surface area contributed by atoms with E-state index in [0.29, 0.717) is 12.8 Å². The van der Waals surface area contributed by atoms with Crippen LogP contribution in [-0.4, -0.2) is 39.5 Å². The SMILES string of the molecule is CC(C)(C)c1ccc(O)c(C(=O)N[C@@H]2CCCC[C@@H](O)[C@@H]2O)c1. The molecule has 0 unspecified atom stereocenters. The van der Waals surface area contributed by atoms with E-state index in [1.54, 1.807) is 12.1 Å². The molecule has 0 saturated heterocycles. The van der Waals surface area contributed by atoms with Crippen LogP contribution in [-0.2, 0) is 5.41 Å². The summed E-state index contributed by atoms with van der Waals surface area (Å²) in [5.74, 6) is -0.508. The van der Waals surface area contributed by atoms with Gasteiger partial charge in [-0.3, -0.25) is 4.79 Å². The predicted octanol–water partition coefficient (Wildman–Crippen LogP) is 2.08. The topological polar surface area (TPSA) is 89.8 Å². The molecule has 3 atom stereocenters. The van der Waals surface area contributed by atoms with Crippen molar-refractivity contribution >= 4 is 5.91 Å². The fraction of sp³-hybridized carbons (Fsp3) is 0.611. The highest BCUT2D eigenvalue weighted by Gasteiger charge is 2.30. The molecule has 1 fully saturated rings. The Morgan fingerprint density at radius 1 is 1.17 bits per heavy atom. The van der Waals surface area contributed by atoms with Crippen molar-refractivity contribution in [1.82, 2.24) is 5.32 Å². The molecule has 0 bridgehead atoms. The van der Waals surface area contributed by atoms with Gasteiger partial charge in [0.15, 0.2) is 0 Å². The van der Waals surface area contributed by atoms with Crippen LogP contribution in [0, 0.1) is 0 Å². The number of aliphatic hydroxyl groups is 2. The third-order valence-electron chi connectivity index (χ3n) is 4.50. The van der Waals surface area contributed by atoms with Crippen molar-refractivity contribution in [2.24, 2.45) is 0 Å². The van der Waals surface area contributed by atoms with E-state index >= 15 is 0 Å². The average molecular weight is 321 g/mol. The van der Waals surface area contributed by atoms with Crippen LogP contribution in [0.15, 0.2) is 18.2 Å². The molecule has 0 aromatic heterocycles. The molecule has 1 aromatic carbocycles. The smallest absolute Gasteiger partial charge is 0.255 e. The van der Waals surface area contributed by atoms with E-state index in [0.717, 1.165) is 18.4 Å². The van der Waals surface area contributed by atoms with Crippen molar-refractivity contribution in [3.05, 3.63) is 29.3 Å². The largest absolute Gasteiger partial charge is 0.507 e. The Labute approximate surface area is 137 Å². The number of aliphatic hydroxyl groups excluding tert-OH is 2. The van der Waals surface area contributed by atoms with Crippen LogP contribution in [0.2, 0.25) is 0 Å². The van der Waals surface area contributed by atoms with Gasteiger partial charge in [0.1, 0.15) is 5.75 Å². The molecule has 2 rings (SSSR count). The third-order valence-corrected chi connectivity index (χ3v) is 4.50. The van der Waals surface area contributed by atoms with E-state index in [4.69, 9.17) is 0 Å². The summed E-state index contributed by atoms with van der Waals surface area (Å²) >= 11 is 0. The van der Waals surface area contributed by atoms with Crippen LogP contribution in [0.5, 0.6) is 5.75 Å².